The zero-order valence-corrected chi connectivity index (χ0v) is 11.3. The lowest BCUT2D eigenvalue weighted by Crippen LogP contribution is -2.26. The van der Waals surface area contributed by atoms with E-state index in [9.17, 15) is 4.79 Å². The number of benzene rings is 1. The van der Waals surface area contributed by atoms with Gasteiger partial charge in [0.1, 0.15) is 0 Å². The molecule has 3 heteroatoms. The van der Waals surface area contributed by atoms with Crippen LogP contribution in [0.15, 0.2) is 24.3 Å². The molecule has 1 aliphatic carbocycles. The van der Waals surface area contributed by atoms with Crippen molar-refractivity contribution in [2.24, 2.45) is 5.92 Å². The van der Waals surface area contributed by atoms with Gasteiger partial charge in [0.05, 0.1) is 0 Å². The average Bonchev–Trinajstić information content (AvgIpc) is 3.24. The number of hydrogen-bond donors (Lipinski definition) is 2. The summed E-state index contributed by atoms with van der Waals surface area (Å²) in [5.74, 6) is 1.46. The largest absolute Gasteiger partial charge is 0.326 e. The highest BCUT2D eigenvalue weighted by Gasteiger charge is 2.24. The van der Waals surface area contributed by atoms with Gasteiger partial charge in [-0.25, -0.2) is 0 Å². The fourth-order valence-electron chi connectivity index (χ4n) is 2.82. The summed E-state index contributed by atoms with van der Waals surface area (Å²) in [6.07, 6.45) is 5.53. The minimum atomic E-state index is 0.171. The molecule has 3 nitrogen and oxygen atoms in total. The maximum absolute atomic E-state index is 11.8. The van der Waals surface area contributed by atoms with Crippen LogP contribution >= 0.6 is 0 Å². The number of nitrogens with one attached hydrogen (secondary N) is 2. The van der Waals surface area contributed by atoms with Crippen LogP contribution in [0.3, 0.4) is 0 Å². The highest BCUT2D eigenvalue weighted by atomic mass is 16.1. The van der Waals surface area contributed by atoms with Gasteiger partial charge in [0.15, 0.2) is 0 Å². The lowest BCUT2D eigenvalue weighted by Gasteiger charge is -2.23. The van der Waals surface area contributed by atoms with Crippen molar-refractivity contribution in [2.45, 2.75) is 38.0 Å². The lowest BCUT2D eigenvalue weighted by atomic mass is 9.90. The lowest BCUT2D eigenvalue weighted by molar-refractivity contribution is -0.116. The quantitative estimate of drug-likeness (QED) is 0.872. The number of carbonyl (C=O) groups is 1. The van der Waals surface area contributed by atoms with Crippen LogP contribution < -0.4 is 10.6 Å². The van der Waals surface area contributed by atoms with Gasteiger partial charge in [-0.05, 0) is 68.3 Å². The van der Waals surface area contributed by atoms with Crippen LogP contribution in [-0.4, -0.2) is 19.0 Å². The molecule has 102 valence electrons. The summed E-state index contributed by atoms with van der Waals surface area (Å²) in [6, 6.07) is 8.40. The molecule has 0 unspecified atom stereocenters. The minimum absolute atomic E-state index is 0.171. The first-order valence-corrected chi connectivity index (χ1v) is 7.42. The average molecular weight is 258 g/mol. The van der Waals surface area contributed by atoms with Crippen molar-refractivity contribution in [1.29, 1.82) is 0 Å². The minimum Gasteiger partial charge on any atom is -0.326 e. The second kappa shape index (κ2) is 5.74. The predicted molar refractivity (Wildman–Crippen MR) is 77.3 cm³/mol. The maximum atomic E-state index is 11.8. The third-order valence-electron chi connectivity index (χ3n) is 4.15. The maximum Gasteiger partial charge on any atom is 0.224 e. The molecule has 1 aromatic carbocycles. The summed E-state index contributed by atoms with van der Waals surface area (Å²) in [6.45, 7) is 2.20. The molecule has 2 aliphatic rings. The van der Waals surface area contributed by atoms with Crippen molar-refractivity contribution in [2.75, 3.05) is 18.4 Å². The Morgan fingerprint density at radius 2 is 2.00 bits per heavy atom. The molecular formula is C16H22N2O. The van der Waals surface area contributed by atoms with Crippen LogP contribution in [0.1, 0.15) is 43.6 Å². The molecule has 3 rings (SSSR count). The zero-order chi connectivity index (χ0) is 13.1. The summed E-state index contributed by atoms with van der Waals surface area (Å²) in [4.78, 5) is 11.8. The second-order valence-corrected chi connectivity index (χ2v) is 5.85. The molecule has 1 heterocycles. The molecule has 1 saturated carbocycles. The van der Waals surface area contributed by atoms with Crippen LogP contribution in [0.25, 0.3) is 0 Å². The summed E-state index contributed by atoms with van der Waals surface area (Å²) in [5.41, 5.74) is 2.33. The molecule has 0 radical (unpaired) electrons. The molecule has 0 bridgehead atoms. The Kier molecular flexibility index (Phi) is 3.83. The van der Waals surface area contributed by atoms with E-state index in [1.807, 2.05) is 6.07 Å². The first-order valence-electron chi connectivity index (χ1n) is 7.42. The molecule has 1 aromatic rings. The van der Waals surface area contributed by atoms with Crippen LogP contribution in [0.2, 0.25) is 0 Å². The highest BCUT2D eigenvalue weighted by molar-refractivity contribution is 5.91. The molecule has 2 fully saturated rings. The van der Waals surface area contributed by atoms with E-state index in [2.05, 4.69) is 28.8 Å². The number of anilines is 1. The molecule has 1 amide bonds. The van der Waals surface area contributed by atoms with Crippen molar-refractivity contribution in [3.8, 4) is 0 Å². The topological polar surface area (TPSA) is 41.1 Å². The van der Waals surface area contributed by atoms with E-state index in [4.69, 9.17) is 0 Å². The van der Waals surface area contributed by atoms with Crippen LogP contribution in [0.5, 0.6) is 0 Å². The van der Waals surface area contributed by atoms with E-state index >= 15 is 0 Å². The van der Waals surface area contributed by atoms with Crippen LogP contribution in [0.4, 0.5) is 5.69 Å². The van der Waals surface area contributed by atoms with Gasteiger partial charge >= 0.3 is 0 Å². The summed E-state index contributed by atoms with van der Waals surface area (Å²) in [7, 11) is 0. The summed E-state index contributed by atoms with van der Waals surface area (Å²) < 4.78 is 0. The molecule has 0 aromatic heterocycles. The Hall–Kier alpha value is -1.35. The van der Waals surface area contributed by atoms with Gasteiger partial charge < -0.3 is 10.6 Å². The van der Waals surface area contributed by atoms with Crippen molar-refractivity contribution < 1.29 is 4.79 Å². The molecule has 1 aliphatic heterocycles. The van der Waals surface area contributed by atoms with E-state index in [-0.39, 0.29) is 5.91 Å². The van der Waals surface area contributed by atoms with Crippen molar-refractivity contribution in [3.63, 3.8) is 0 Å². The standard InChI is InChI=1S/C16H22N2O/c19-16(10-12-4-5-12)18-15-3-1-2-14(11-15)13-6-8-17-9-7-13/h1-3,11-13,17H,4-10H2,(H,18,19). The van der Waals surface area contributed by atoms with Gasteiger partial charge in [-0.3, -0.25) is 4.79 Å². The third kappa shape index (κ3) is 3.57. The molecule has 1 saturated heterocycles. The van der Waals surface area contributed by atoms with E-state index in [1.165, 1.54) is 31.2 Å². The first-order chi connectivity index (χ1) is 9.31. The smallest absolute Gasteiger partial charge is 0.224 e. The Morgan fingerprint density at radius 1 is 1.21 bits per heavy atom. The van der Waals surface area contributed by atoms with Gasteiger partial charge in [-0.1, -0.05) is 12.1 Å². The van der Waals surface area contributed by atoms with E-state index in [0.29, 0.717) is 18.3 Å². The Morgan fingerprint density at radius 3 is 2.74 bits per heavy atom. The first kappa shape index (κ1) is 12.7. The molecule has 2 N–H and O–H groups in total. The fourth-order valence-corrected chi connectivity index (χ4v) is 2.82. The Bertz CT molecular complexity index is 448. The van der Waals surface area contributed by atoms with Gasteiger partial charge in [0, 0.05) is 12.1 Å². The summed E-state index contributed by atoms with van der Waals surface area (Å²) >= 11 is 0. The van der Waals surface area contributed by atoms with Gasteiger partial charge in [0.25, 0.3) is 0 Å². The number of piperidine rings is 1. The van der Waals surface area contributed by atoms with Gasteiger partial charge in [-0.2, -0.15) is 0 Å². The van der Waals surface area contributed by atoms with Gasteiger partial charge in [-0.15, -0.1) is 0 Å². The van der Waals surface area contributed by atoms with Gasteiger partial charge in [0.2, 0.25) is 5.91 Å². The fraction of sp³-hybridized carbons (Fsp3) is 0.562. The number of rotatable bonds is 4. The van der Waals surface area contributed by atoms with Crippen molar-refractivity contribution in [3.05, 3.63) is 29.8 Å². The predicted octanol–water partition coefficient (Wildman–Crippen LogP) is 2.89. The number of amides is 1. The Labute approximate surface area is 114 Å². The molecular weight excluding hydrogens is 236 g/mol. The zero-order valence-electron chi connectivity index (χ0n) is 11.3. The van der Waals surface area contributed by atoms with Crippen molar-refractivity contribution >= 4 is 11.6 Å². The van der Waals surface area contributed by atoms with E-state index < -0.39 is 0 Å². The highest BCUT2D eigenvalue weighted by Crippen LogP contribution is 2.33. The van der Waals surface area contributed by atoms with E-state index in [1.54, 1.807) is 0 Å². The normalized spacial score (nSPS) is 20.2. The van der Waals surface area contributed by atoms with Crippen LogP contribution in [-0.2, 0) is 4.79 Å². The monoisotopic (exact) mass is 258 g/mol. The third-order valence-corrected chi connectivity index (χ3v) is 4.15. The number of carbonyl (C=O) groups excluding carboxylic acids is 1. The van der Waals surface area contributed by atoms with Crippen LogP contribution in [0, 0.1) is 5.92 Å². The second-order valence-electron chi connectivity index (χ2n) is 5.85. The summed E-state index contributed by atoms with van der Waals surface area (Å²) in [5, 5.41) is 6.43. The van der Waals surface area contributed by atoms with Crippen molar-refractivity contribution in [1.82, 2.24) is 5.32 Å². The molecule has 0 atom stereocenters. The molecule has 19 heavy (non-hydrogen) atoms. The number of hydrogen-bond acceptors (Lipinski definition) is 2. The SMILES string of the molecule is O=C(CC1CC1)Nc1cccc(C2CCNCC2)c1. The molecule has 0 spiro atoms. The van der Waals surface area contributed by atoms with E-state index in [0.717, 1.165) is 18.8 Å². The Balaban J connectivity index is 1.62.